The summed E-state index contributed by atoms with van der Waals surface area (Å²) in [5, 5.41) is 2.31. The molecule has 11 heavy (non-hydrogen) atoms. The van der Waals surface area contributed by atoms with Crippen molar-refractivity contribution in [1.82, 2.24) is 5.32 Å². The molecule has 0 aromatic rings. The molecular weight excluding hydrogens is 146 g/mol. The molecule has 5 N–H and O–H groups in total. The quantitative estimate of drug-likeness (QED) is 0.404. The SMILES string of the molecule is NCCCC(NC=O)C(N)=O. The van der Waals surface area contributed by atoms with Crippen molar-refractivity contribution in [1.29, 1.82) is 0 Å². The van der Waals surface area contributed by atoms with Crippen LogP contribution in [0, 0.1) is 0 Å². The van der Waals surface area contributed by atoms with Crippen LogP contribution in [0.1, 0.15) is 12.8 Å². The smallest absolute Gasteiger partial charge is 0.239 e. The number of rotatable bonds is 6. The van der Waals surface area contributed by atoms with Crippen molar-refractivity contribution in [2.24, 2.45) is 11.5 Å². The maximum Gasteiger partial charge on any atom is 0.239 e. The van der Waals surface area contributed by atoms with Gasteiger partial charge in [0, 0.05) is 0 Å². The highest BCUT2D eigenvalue weighted by molar-refractivity contribution is 5.81. The van der Waals surface area contributed by atoms with Gasteiger partial charge in [-0.15, -0.1) is 0 Å². The molecule has 0 bridgehead atoms. The van der Waals surface area contributed by atoms with Crippen LogP contribution in [-0.4, -0.2) is 24.9 Å². The first-order chi connectivity index (χ1) is 5.22. The predicted molar refractivity (Wildman–Crippen MR) is 40.5 cm³/mol. The van der Waals surface area contributed by atoms with E-state index >= 15 is 0 Å². The molecule has 2 amide bonds. The van der Waals surface area contributed by atoms with E-state index in [-0.39, 0.29) is 0 Å². The lowest BCUT2D eigenvalue weighted by Gasteiger charge is -2.10. The van der Waals surface area contributed by atoms with Crippen LogP contribution in [-0.2, 0) is 9.59 Å². The molecule has 0 aliphatic heterocycles. The molecule has 0 aromatic heterocycles. The minimum Gasteiger partial charge on any atom is -0.368 e. The third-order valence-electron chi connectivity index (χ3n) is 1.31. The first kappa shape index (κ1) is 9.90. The van der Waals surface area contributed by atoms with Gasteiger partial charge in [-0.1, -0.05) is 0 Å². The molecule has 64 valence electrons. The summed E-state index contributed by atoms with van der Waals surface area (Å²) in [5.41, 5.74) is 10.2. The maximum atomic E-state index is 10.6. The van der Waals surface area contributed by atoms with Crippen LogP contribution in [0.25, 0.3) is 0 Å². The van der Waals surface area contributed by atoms with Crippen molar-refractivity contribution in [2.75, 3.05) is 6.54 Å². The maximum absolute atomic E-state index is 10.6. The molecule has 0 rings (SSSR count). The Hall–Kier alpha value is -1.10. The Balaban J connectivity index is 3.69. The summed E-state index contributed by atoms with van der Waals surface area (Å²) in [6.45, 7) is 0.490. The molecule has 0 saturated heterocycles. The average Bonchev–Trinajstić information content (AvgIpc) is 1.97. The Morgan fingerprint density at radius 1 is 1.64 bits per heavy atom. The summed E-state index contributed by atoms with van der Waals surface area (Å²) in [6, 6.07) is -0.573. The van der Waals surface area contributed by atoms with E-state index in [9.17, 15) is 9.59 Å². The van der Waals surface area contributed by atoms with Gasteiger partial charge in [0.2, 0.25) is 12.3 Å². The Kier molecular flexibility index (Phi) is 5.10. The third-order valence-corrected chi connectivity index (χ3v) is 1.31. The standard InChI is InChI=1S/C6H13N3O2/c7-3-1-2-5(6(8)11)9-4-10/h4-5H,1-3,7H2,(H2,8,11)(H,9,10). The van der Waals surface area contributed by atoms with Gasteiger partial charge in [0.05, 0.1) is 0 Å². The second-order valence-corrected chi connectivity index (χ2v) is 2.17. The lowest BCUT2D eigenvalue weighted by atomic mass is 10.1. The second-order valence-electron chi connectivity index (χ2n) is 2.17. The largest absolute Gasteiger partial charge is 0.368 e. The zero-order chi connectivity index (χ0) is 8.69. The molecule has 0 aromatic carbocycles. The van der Waals surface area contributed by atoms with Gasteiger partial charge in [0.25, 0.3) is 0 Å². The number of carbonyl (C=O) groups is 2. The van der Waals surface area contributed by atoms with Gasteiger partial charge in [-0.05, 0) is 19.4 Å². The topological polar surface area (TPSA) is 98.2 Å². The van der Waals surface area contributed by atoms with Crippen LogP contribution in [0.15, 0.2) is 0 Å². The fraction of sp³-hybridized carbons (Fsp3) is 0.667. The van der Waals surface area contributed by atoms with Crippen molar-refractivity contribution >= 4 is 12.3 Å². The Morgan fingerprint density at radius 3 is 2.64 bits per heavy atom. The lowest BCUT2D eigenvalue weighted by Crippen LogP contribution is -2.40. The van der Waals surface area contributed by atoms with Crippen LogP contribution >= 0.6 is 0 Å². The zero-order valence-electron chi connectivity index (χ0n) is 6.25. The predicted octanol–water partition coefficient (Wildman–Crippen LogP) is -1.67. The number of nitrogens with one attached hydrogen (secondary N) is 1. The molecule has 0 spiro atoms. The van der Waals surface area contributed by atoms with Crippen LogP contribution in [0.3, 0.4) is 0 Å². The van der Waals surface area contributed by atoms with Gasteiger partial charge in [-0.3, -0.25) is 9.59 Å². The van der Waals surface area contributed by atoms with Gasteiger partial charge >= 0.3 is 0 Å². The molecule has 1 atom stereocenters. The van der Waals surface area contributed by atoms with Crippen molar-refractivity contribution in [3.8, 4) is 0 Å². The van der Waals surface area contributed by atoms with Crippen LogP contribution < -0.4 is 16.8 Å². The van der Waals surface area contributed by atoms with Gasteiger partial charge < -0.3 is 16.8 Å². The molecule has 5 nitrogen and oxygen atoms in total. The van der Waals surface area contributed by atoms with E-state index in [2.05, 4.69) is 5.32 Å². The normalized spacial score (nSPS) is 12.1. The summed E-state index contributed by atoms with van der Waals surface area (Å²) < 4.78 is 0. The number of nitrogens with two attached hydrogens (primary N) is 2. The van der Waals surface area contributed by atoms with E-state index in [4.69, 9.17) is 11.5 Å². The van der Waals surface area contributed by atoms with E-state index in [0.717, 1.165) is 0 Å². The molecule has 1 unspecified atom stereocenters. The number of hydrogen-bond acceptors (Lipinski definition) is 3. The summed E-state index contributed by atoms with van der Waals surface area (Å²) in [6.07, 6.45) is 1.64. The highest BCUT2D eigenvalue weighted by Crippen LogP contribution is 1.93. The van der Waals surface area contributed by atoms with E-state index in [1.54, 1.807) is 0 Å². The van der Waals surface area contributed by atoms with Crippen LogP contribution in [0.5, 0.6) is 0 Å². The van der Waals surface area contributed by atoms with E-state index in [1.807, 2.05) is 0 Å². The monoisotopic (exact) mass is 159 g/mol. The summed E-state index contributed by atoms with van der Waals surface area (Å²) in [7, 11) is 0. The molecule has 5 heteroatoms. The first-order valence-electron chi connectivity index (χ1n) is 3.41. The van der Waals surface area contributed by atoms with Gasteiger partial charge in [0.1, 0.15) is 6.04 Å². The Labute approximate surface area is 65.1 Å². The van der Waals surface area contributed by atoms with Crippen molar-refractivity contribution in [2.45, 2.75) is 18.9 Å². The zero-order valence-corrected chi connectivity index (χ0v) is 6.25. The van der Waals surface area contributed by atoms with Gasteiger partial charge in [-0.2, -0.15) is 0 Å². The molecule has 0 heterocycles. The van der Waals surface area contributed by atoms with Crippen LogP contribution in [0.2, 0.25) is 0 Å². The van der Waals surface area contributed by atoms with Crippen molar-refractivity contribution in [3.05, 3.63) is 0 Å². The molecule has 0 saturated carbocycles. The lowest BCUT2D eigenvalue weighted by molar-refractivity contribution is -0.122. The molecule has 0 aliphatic carbocycles. The van der Waals surface area contributed by atoms with Gasteiger partial charge in [0.15, 0.2) is 0 Å². The Bertz CT molecular complexity index is 138. The minimum atomic E-state index is -0.573. The minimum absolute atomic E-state index is 0.464. The number of hydrogen-bond donors (Lipinski definition) is 3. The van der Waals surface area contributed by atoms with E-state index < -0.39 is 11.9 Å². The fourth-order valence-corrected chi connectivity index (χ4v) is 0.712. The molecule has 0 fully saturated rings. The van der Waals surface area contributed by atoms with Crippen molar-refractivity contribution < 1.29 is 9.59 Å². The summed E-state index contributed by atoms with van der Waals surface area (Å²) in [4.78, 5) is 20.5. The Morgan fingerprint density at radius 2 is 2.27 bits per heavy atom. The fourth-order valence-electron chi connectivity index (χ4n) is 0.712. The highest BCUT2D eigenvalue weighted by Gasteiger charge is 2.11. The number of amides is 2. The number of carbonyl (C=O) groups excluding carboxylic acids is 2. The molecule has 0 radical (unpaired) electrons. The average molecular weight is 159 g/mol. The molecular formula is C6H13N3O2. The third kappa shape index (κ3) is 4.32. The number of primary amides is 1. The van der Waals surface area contributed by atoms with Crippen molar-refractivity contribution in [3.63, 3.8) is 0 Å². The summed E-state index contributed by atoms with van der Waals surface area (Å²) in [5.74, 6) is -0.523. The van der Waals surface area contributed by atoms with E-state index in [0.29, 0.717) is 25.8 Å². The van der Waals surface area contributed by atoms with E-state index in [1.165, 1.54) is 0 Å². The summed E-state index contributed by atoms with van der Waals surface area (Å²) >= 11 is 0. The molecule has 0 aliphatic rings. The second kappa shape index (κ2) is 5.67. The van der Waals surface area contributed by atoms with Crippen LogP contribution in [0.4, 0.5) is 0 Å². The highest BCUT2D eigenvalue weighted by atomic mass is 16.2. The first-order valence-corrected chi connectivity index (χ1v) is 3.41. The van der Waals surface area contributed by atoms with Gasteiger partial charge in [-0.25, -0.2) is 0 Å².